The first-order valence-corrected chi connectivity index (χ1v) is 9.05. The number of rotatable bonds is 11. The highest BCUT2D eigenvalue weighted by molar-refractivity contribution is 4.61. The van der Waals surface area contributed by atoms with E-state index >= 15 is 0 Å². The molecule has 2 N–H and O–H groups in total. The number of hydrogen-bond acceptors (Lipinski definition) is 6. The summed E-state index contributed by atoms with van der Waals surface area (Å²) >= 11 is 0. The van der Waals surface area contributed by atoms with Gasteiger partial charge in [0.1, 0.15) is 0 Å². The van der Waals surface area contributed by atoms with Gasteiger partial charge < -0.3 is 9.05 Å². The van der Waals surface area contributed by atoms with Gasteiger partial charge in [0.05, 0.1) is 0 Å². The zero-order valence-corrected chi connectivity index (χ0v) is 15.5. The molecule has 0 spiro atoms. The molecular formula is C16H28N6O4. The molecule has 10 nitrogen and oxygen atoms in total. The summed E-state index contributed by atoms with van der Waals surface area (Å²) in [5, 5.41) is 15.4. The van der Waals surface area contributed by atoms with E-state index in [9.17, 15) is 9.59 Å². The zero-order chi connectivity index (χ0) is 19.1. The standard InChI is InChI=1S/C16H28N6O4/c1-19-13(17)21(15(23)25-19)11-9-7-5-3-4-6-8-10-12-22-14(18)20(2)26-16(22)24/h17-18H,3-12H2,1-2H3. The topological polar surface area (TPSA) is 128 Å². The Kier molecular flexibility index (Phi) is 7.05. The first kappa shape index (κ1) is 19.8. The average Bonchev–Trinajstić information content (AvgIpc) is 2.98. The molecule has 0 fully saturated rings. The fourth-order valence-electron chi connectivity index (χ4n) is 2.93. The minimum absolute atomic E-state index is 0.0937. The van der Waals surface area contributed by atoms with Gasteiger partial charge in [0.15, 0.2) is 0 Å². The maximum absolute atomic E-state index is 11.5. The summed E-state index contributed by atoms with van der Waals surface area (Å²) in [6, 6.07) is 0. The number of aryl methyl sites for hydroxylation is 2. The van der Waals surface area contributed by atoms with Gasteiger partial charge in [0.2, 0.25) is 11.2 Å². The van der Waals surface area contributed by atoms with Crippen LogP contribution in [0.3, 0.4) is 0 Å². The normalized spacial score (nSPS) is 11.3. The number of unbranched alkanes of at least 4 members (excludes halogenated alkanes) is 7. The van der Waals surface area contributed by atoms with Gasteiger partial charge in [-0.1, -0.05) is 38.5 Å². The maximum atomic E-state index is 11.5. The molecule has 2 aromatic heterocycles. The van der Waals surface area contributed by atoms with Gasteiger partial charge in [-0.15, -0.1) is 0 Å². The molecular weight excluding hydrogens is 340 g/mol. The largest absolute Gasteiger partial charge is 0.441 e. The van der Waals surface area contributed by atoms with E-state index in [1.54, 1.807) is 14.1 Å². The zero-order valence-electron chi connectivity index (χ0n) is 15.5. The minimum atomic E-state index is -0.473. The third kappa shape index (κ3) is 4.99. The van der Waals surface area contributed by atoms with Gasteiger partial charge in [-0.25, -0.2) is 18.7 Å². The van der Waals surface area contributed by atoms with Crippen LogP contribution in [0.2, 0.25) is 0 Å². The summed E-state index contributed by atoms with van der Waals surface area (Å²) in [4.78, 5) is 23.0. The Labute approximate surface area is 150 Å². The molecule has 2 aromatic rings. The lowest BCUT2D eigenvalue weighted by molar-refractivity contribution is 0.271. The molecule has 2 rings (SSSR count). The number of aromatic nitrogens is 4. The van der Waals surface area contributed by atoms with E-state index in [-0.39, 0.29) is 11.2 Å². The molecule has 0 aliphatic heterocycles. The van der Waals surface area contributed by atoms with Crippen molar-refractivity contribution in [3.63, 3.8) is 0 Å². The van der Waals surface area contributed by atoms with Crippen LogP contribution in [0.1, 0.15) is 51.4 Å². The monoisotopic (exact) mass is 368 g/mol. The summed E-state index contributed by atoms with van der Waals surface area (Å²) in [7, 11) is 3.10. The molecule has 0 aromatic carbocycles. The van der Waals surface area contributed by atoms with Gasteiger partial charge in [-0.3, -0.25) is 10.8 Å². The van der Waals surface area contributed by atoms with Crippen molar-refractivity contribution in [2.24, 2.45) is 14.1 Å². The molecule has 0 aliphatic carbocycles. The van der Waals surface area contributed by atoms with Crippen LogP contribution in [0.25, 0.3) is 0 Å². The first-order chi connectivity index (χ1) is 12.4. The number of nitrogens with one attached hydrogen (secondary N) is 2. The molecule has 0 amide bonds. The highest BCUT2D eigenvalue weighted by atomic mass is 16.5. The molecule has 10 heteroatoms. The molecule has 0 saturated carbocycles. The lowest BCUT2D eigenvalue weighted by Gasteiger charge is -2.03. The predicted octanol–water partition coefficient (Wildman–Crippen LogP) is 0.653. The quantitative estimate of drug-likeness (QED) is 0.564. The van der Waals surface area contributed by atoms with E-state index in [2.05, 4.69) is 0 Å². The van der Waals surface area contributed by atoms with E-state index in [1.807, 2.05) is 0 Å². The van der Waals surface area contributed by atoms with Crippen LogP contribution in [0.5, 0.6) is 0 Å². The van der Waals surface area contributed by atoms with Crippen LogP contribution in [-0.4, -0.2) is 18.6 Å². The Bertz CT molecular complexity index is 846. The second kappa shape index (κ2) is 9.25. The van der Waals surface area contributed by atoms with Crippen molar-refractivity contribution >= 4 is 0 Å². The number of nitrogens with zero attached hydrogens (tertiary/aromatic N) is 4. The van der Waals surface area contributed by atoms with Gasteiger partial charge in [-0.2, -0.15) is 9.48 Å². The third-order valence-corrected chi connectivity index (χ3v) is 4.49. The van der Waals surface area contributed by atoms with E-state index in [0.29, 0.717) is 13.1 Å². The molecule has 146 valence electrons. The lowest BCUT2D eigenvalue weighted by Crippen LogP contribution is -2.28. The summed E-state index contributed by atoms with van der Waals surface area (Å²) in [5.74, 6) is -0.947. The van der Waals surface area contributed by atoms with Crippen LogP contribution in [-0.2, 0) is 27.2 Å². The van der Waals surface area contributed by atoms with Crippen LogP contribution >= 0.6 is 0 Å². The van der Waals surface area contributed by atoms with Gasteiger partial charge in [-0.05, 0) is 12.8 Å². The first-order valence-electron chi connectivity index (χ1n) is 9.05. The van der Waals surface area contributed by atoms with E-state index in [1.165, 1.54) is 18.6 Å². The summed E-state index contributed by atoms with van der Waals surface area (Å²) in [6.07, 6.45) is 8.21. The van der Waals surface area contributed by atoms with E-state index < -0.39 is 11.5 Å². The van der Waals surface area contributed by atoms with Crippen molar-refractivity contribution in [2.75, 3.05) is 0 Å². The van der Waals surface area contributed by atoms with Crippen molar-refractivity contribution < 1.29 is 9.05 Å². The third-order valence-electron chi connectivity index (χ3n) is 4.49. The van der Waals surface area contributed by atoms with E-state index in [4.69, 9.17) is 19.9 Å². The average molecular weight is 368 g/mol. The lowest BCUT2D eigenvalue weighted by atomic mass is 10.1. The second-order valence-corrected chi connectivity index (χ2v) is 6.49. The maximum Gasteiger partial charge on any atom is 0.441 e. The fraction of sp³-hybridized carbons (Fsp3) is 0.750. The Hall–Kier alpha value is -2.52. The molecule has 0 unspecified atom stereocenters. The highest BCUT2D eigenvalue weighted by Gasteiger charge is 2.06. The van der Waals surface area contributed by atoms with Crippen LogP contribution < -0.4 is 22.7 Å². The molecule has 26 heavy (non-hydrogen) atoms. The smallest absolute Gasteiger partial charge is 0.318 e. The second-order valence-electron chi connectivity index (χ2n) is 6.49. The number of hydrogen-bond donors (Lipinski definition) is 2. The summed E-state index contributed by atoms with van der Waals surface area (Å²) in [5.41, 5.74) is 0.187. The predicted molar refractivity (Wildman–Crippen MR) is 92.5 cm³/mol. The summed E-state index contributed by atoms with van der Waals surface area (Å²) in [6.45, 7) is 1.04. The molecule has 0 atom stereocenters. The Balaban J connectivity index is 1.52. The van der Waals surface area contributed by atoms with Gasteiger partial charge >= 0.3 is 11.5 Å². The van der Waals surface area contributed by atoms with Crippen molar-refractivity contribution in [2.45, 2.75) is 64.5 Å². The molecule has 0 aliphatic rings. The SMILES string of the molecule is Cn1oc(=O)n(CCCCCCCCCCn2c(=O)on(C)c2=N)c1=N. The Morgan fingerprint density at radius 1 is 0.654 bits per heavy atom. The molecule has 0 bridgehead atoms. The van der Waals surface area contributed by atoms with Gasteiger partial charge in [0.25, 0.3) is 0 Å². The molecule has 0 saturated heterocycles. The fourth-order valence-corrected chi connectivity index (χ4v) is 2.93. The Morgan fingerprint density at radius 3 is 1.23 bits per heavy atom. The van der Waals surface area contributed by atoms with Crippen LogP contribution in [0.15, 0.2) is 18.6 Å². The van der Waals surface area contributed by atoms with E-state index in [0.717, 1.165) is 51.4 Å². The molecule has 0 radical (unpaired) electrons. The van der Waals surface area contributed by atoms with Crippen molar-refractivity contribution in [3.8, 4) is 0 Å². The van der Waals surface area contributed by atoms with Crippen LogP contribution in [0.4, 0.5) is 0 Å². The molecule has 2 heterocycles. The Morgan fingerprint density at radius 2 is 0.962 bits per heavy atom. The van der Waals surface area contributed by atoms with Crippen molar-refractivity contribution in [1.29, 1.82) is 10.8 Å². The summed E-state index contributed by atoms with van der Waals surface area (Å²) < 4.78 is 14.7. The van der Waals surface area contributed by atoms with Gasteiger partial charge in [0, 0.05) is 27.2 Å². The minimum Gasteiger partial charge on any atom is -0.318 e. The van der Waals surface area contributed by atoms with Crippen molar-refractivity contribution in [1.82, 2.24) is 18.6 Å². The van der Waals surface area contributed by atoms with Crippen LogP contribution in [0, 0.1) is 10.8 Å². The highest BCUT2D eigenvalue weighted by Crippen LogP contribution is 2.09. The van der Waals surface area contributed by atoms with Crippen molar-refractivity contribution in [3.05, 3.63) is 32.3 Å².